The summed E-state index contributed by atoms with van der Waals surface area (Å²) in [5.74, 6) is -1.58. The first-order valence-electron chi connectivity index (χ1n) is 8.35. The maximum absolute atomic E-state index is 12.2. The second-order valence-electron chi connectivity index (χ2n) is 5.86. The number of aromatic nitrogens is 1. The summed E-state index contributed by atoms with van der Waals surface area (Å²) >= 11 is 0. The first-order valence-corrected chi connectivity index (χ1v) is 8.35. The highest BCUT2D eigenvalue weighted by Crippen LogP contribution is 2.19. The lowest BCUT2D eigenvalue weighted by Gasteiger charge is -2.11. The summed E-state index contributed by atoms with van der Waals surface area (Å²) in [5.41, 5.74) is 1.40. The number of carbonyl (C=O) groups is 3. The van der Waals surface area contributed by atoms with E-state index in [0.29, 0.717) is 24.4 Å². The molecule has 0 aliphatic carbocycles. The van der Waals surface area contributed by atoms with Crippen LogP contribution in [-0.4, -0.2) is 55.3 Å². The Morgan fingerprint density at radius 3 is 2.64 bits per heavy atom. The number of nitrogens with one attached hydrogen (secondary N) is 2. The molecule has 0 radical (unpaired) electrons. The highest BCUT2D eigenvalue weighted by atomic mass is 16.5. The second-order valence-corrected chi connectivity index (χ2v) is 5.86. The van der Waals surface area contributed by atoms with E-state index in [2.05, 4.69) is 10.3 Å². The van der Waals surface area contributed by atoms with Gasteiger partial charge in [-0.15, -0.1) is 0 Å². The molecule has 1 aromatic heterocycles. The third-order valence-corrected chi connectivity index (χ3v) is 4.01. The van der Waals surface area contributed by atoms with Gasteiger partial charge in [0, 0.05) is 18.8 Å². The summed E-state index contributed by atoms with van der Waals surface area (Å²) in [5, 5.41) is 2.68. The van der Waals surface area contributed by atoms with Crippen molar-refractivity contribution in [2.75, 3.05) is 26.4 Å². The number of esters is 2. The van der Waals surface area contributed by atoms with Crippen LogP contribution in [-0.2, 0) is 19.0 Å². The van der Waals surface area contributed by atoms with Gasteiger partial charge in [0.15, 0.2) is 6.61 Å². The lowest BCUT2D eigenvalue weighted by molar-refractivity contribution is -0.124. The number of aryl methyl sites for hydroxylation is 1. The minimum Gasteiger partial charge on any atom is -0.461 e. The third-order valence-electron chi connectivity index (χ3n) is 4.01. The standard InChI is InChI=1S/C17H24N2O6/c1-4-23-17(22)15-10(2)14(11(3)19-15)16(21)25-9-13(20)18-8-12-6-5-7-24-12/h12,19H,4-9H2,1-3H3,(H,18,20)/t12-/m0/s1. The van der Waals surface area contributed by atoms with Crippen LogP contribution in [0.15, 0.2) is 0 Å². The number of aromatic amines is 1. The van der Waals surface area contributed by atoms with Gasteiger partial charge in [0.1, 0.15) is 5.69 Å². The van der Waals surface area contributed by atoms with Crippen molar-refractivity contribution in [1.82, 2.24) is 10.3 Å². The van der Waals surface area contributed by atoms with Gasteiger partial charge in [-0.25, -0.2) is 9.59 Å². The smallest absolute Gasteiger partial charge is 0.355 e. The van der Waals surface area contributed by atoms with E-state index >= 15 is 0 Å². The second kappa shape index (κ2) is 8.66. The number of H-pyrrole nitrogens is 1. The van der Waals surface area contributed by atoms with Crippen LogP contribution in [0.1, 0.15) is 51.9 Å². The zero-order chi connectivity index (χ0) is 18.4. The highest BCUT2D eigenvalue weighted by molar-refractivity contribution is 5.99. The lowest BCUT2D eigenvalue weighted by atomic mass is 10.1. The molecule has 2 rings (SSSR count). The summed E-state index contributed by atoms with van der Waals surface area (Å²) in [4.78, 5) is 38.7. The van der Waals surface area contributed by atoms with E-state index in [0.717, 1.165) is 12.8 Å². The first-order chi connectivity index (χ1) is 11.9. The number of carbonyl (C=O) groups excluding carboxylic acids is 3. The minimum absolute atomic E-state index is 0.0287. The van der Waals surface area contributed by atoms with E-state index < -0.39 is 11.9 Å². The van der Waals surface area contributed by atoms with Gasteiger partial charge < -0.3 is 24.5 Å². The van der Waals surface area contributed by atoms with E-state index in [1.54, 1.807) is 20.8 Å². The number of rotatable bonds is 7. The fourth-order valence-corrected chi connectivity index (χ4v) is 2.75. The number of ether oxygens (including phenoxy) is 3. The molecule has 1 fully saturated rings. The van der Waals surface area contributed by atoms with Gasteiger partial charge in [0.05, 0.1) is 18.3 Å². The van der Waals surface area contributed by atoms with Gasteiger partial charge in [-0.2, -0.15) is 0 Å². The summed E-state index contributed by atoms with van der Waals surface area (Å²) < 4.78 is 15.4. The molecule has 1 amide bonds. The Hall–Kier alpha value is -2.35. The lowest BCUT2D eigenvalue weighted by Crippen LogP contribution is -2.34. The van der Waals surface area contributed by atoms with Gasteiger partial charge in [-0.05, 0) is 39.2 Å². The van der Waals surface area contributed by atoms with Crippen molar-refractivity contribution in [1.29, 1.82) is 0 Å². The van der Waals surface area contributed by atoms with Gasteiger partial charge in [0.2, 0.25) is 0 Å². The Balaban J connectivity index is 1.89. The summed E-state index contributed by atoms with van der Waals surface area (Å²) in [7, 11) is 0. The molecule has 0 saturated carbocycles. The highest BCUT2D eigenvalue weighted by Gasteiger charge is 2.24. The maximum atomic E-state index is 12.2. The van der Waals surface area contributed by atoms with Crippen LogP contribution in [0.25, 0.3) is 0 Å². The van der Waals surface area contributed by atoms with E-state index in [9.17, 15) is 14.4 Å². The molecule has 0 unspecified atom stereocenters. The third kappa shape index (κ3) is 4.82. The molecule has 2 heterocycles. The van der Waals surface area contributed by atoms with Crippen molar-refractivity contribution in [3.63, 3.8) is 0 Å². The maximum Gasteiger partial charge on any atom is 0.355 e. The molecule has 138 valence electrons. The van der Waals surface area contributed by atoms with Crippen LogP contribution in [0.2, 0.25) is 0 Å². The predicted octanol–water partition coefficient (Wildman–Crippen LogP) is 1.26. The number of hydrogen-bond acceptors (Lipinski definition) is 6. The van der Waals surface area contributed by atoms with Gasteiger partial charge in [-0.3, -0.25) is 4.79 Å². The minimum atomic E-state index is -0.658. The molecule has 25 heavy (non-hydrogen) atoms. The molecule has 0 bridgehead atoms. The molecule has 0 aromatic carbocycles. The Morgan fingerprint density at radius 2 is 2.00 bits per heavy atom. The molecule has 1 atom stereocenters. The zero-order valence-corrected chi connectivity index (χ0v) is 14.8. The number of hydrogen-bond donors (Lipinski definition) is 2. The van der Waals surface area contributed by atoms with Gasteiger partial charge in [0.25, 0.3) is 5.91 Å². The largest absolute Gasteiger partial charge is 0.461 e. The SMILES string of the molecule is CCOC(=O)c1[nH]c(C)c(C(=O)OCC(=O)NC[C@@H]2CCCO2)c1C. The van der Waals surface area contributed by atoms with Crippen molar-refractivity contribution >= 4 is 17.8 Å². The molecule has 1 saturated heterocycles. The van der Waals surface area contributed by atoms with Crippen LogP contribution in [0.4, 0.5) is 0 Å². The quantitative estimate of drug-likeness (QED) is 0.716. The van der Waals surface area contributed by atoms with Crippen molar-refractivity contribution in [2.45, 2.75) is 39.7 Å². The molecular weight excluding hydrogens is 328 g/mol. The Bertz CT molecular complexity index is 646. The zero-order valence-electron chi connectivity index (χ0n) is 14.8. The summed E-state index contributed by atoms with van der Waals surface area (Å²) in [6.45, 7) is 5.96. The fourth-order valence-electron chi connectivity index (χ4n) is 2.75. The van der Waals surface area contributed by atoms with Crippen molar-refractivity contribution in [2.24, 2.45) is 0 Å². The first kappa shape index (κ1) is 19.0. The molecule has 1 aliphatic rings. The van der Waals surface area contributed by atoms with E-state index in [-0.39, 0.29) is 36.5 Å². The van der Waals surface area contributed by atoms with Crippen LogP contribution < -0.4 is 5.32 Å². The Morgan fingerprint density at radius 1 is 1.24 bits per heavy atom. The topological polar surface area (TPSA) is 107 Å². The van der Waals surface area contributed by atoms with Crippen molar-refractivity contribution < 1.29 is 28.6 Å². The average molecular weight is 352 g/mol. The molecule has 1 aliphatic heterocycles. The number of amides is 1. The summed E-state index contributed by atoms with van der Waals surface area (Å²) in [6.07, 6.45) is 1.93. The van der Waals surface area contributed by atoms with Crippen LogP contribution in [0.5, 0.6) is 0 Å². The van der Waals surface area contributed by atoms with Crippen LogP contribution >= 0.6 is 0 Å². The van der Waals surface area contributed by atoms with E-state index in [4.69, 9.17) is 14.2 Å². The van der Waals surface area contributed by atoms with Gasteiger partial charge >= 0.3 is 11.9 Å². The fraction of sp³-hybridized carbons (Fsp3) is 0.588. The summed E-state index contributed by atoms with van der Waals surface area (Å²) in [6, 6.07) is 0. The van der Waals surface area contributed by atoms with Crippen LogP contribution in [0, 0.1) is 13.8 Å². The molecule has 8 nitrogen and oxygen atoms in total. The molecule has 2 N–H and O–H groups in total. The predicted molar refractivity (Wildman–Crippen MR) is 88.5 cm³/mol. The molecule has 0 spiro atoms. The molecule has 8 heteroatoms. The normalized spacial score (nSPS) is 16.5. The monoisotopic (exact) mass is 352 g/mol. The van der Waals surface area contributed by atoms with Crippen LogP contribution in [0.3, 0.4) is 0 Å². The molecule has 1 aromatic rings. The van der Waals surface area contributed by atoms with E-state index in [1.807, 2.05) is 0 Å². The average Bonchev–Trinajstić information content (AvgIpc) is 3.19. The van der Waals surface area contributed by atoms with Gasteiger partial charge in [-0.1, -0.05) is 0 Å². The molecular formula is C17H24N2O6. The van der Waals surface area contributed by atoms with Crippen molar-refractivity contribution in [3.05, 3.63) is 22.5 Å². The van der Waals surface area contributed by atoms with E-state index in [1.165, 1.54) is 0 Å². The Labute approximate surface area is 146 Å². The Kier molecular flexibility index (Phi) is 6.58. The van der Waals surface area contributed by atoms with Crippen molar-refractivity contribution in [3.8, 4) is 0 Å².